The molecule has 0 aromatic heterocycles. The summed E-state index contributed by atoms with van der Waals surface area (Å²) in [6.45, 7) is 5.75. The first-order chi connectivity index (χ1) is 14.5. The van der Waals surface area contributed by atoms with Crippen molar-refractivity contribution in [2.45, 2.75) is 39.4 Å². The molecule has 0 fully saturated rings. The van der Waals surface area contributed by atoms with Crippen molar-refractivity contribution in [2.75, 3.05) is 6.61 Å². The van der Waals surface area contributed by atoms with Crippen molar-refractivity contribution in [2.24, 2.45) is 0 Å². The molecule has 0 unspecified atom stereocenters. The minimum Gasteiger partial charge on any atom is -0.483 e. The molecule has 30 heavy (non-hydrogen) atoms. The molecule has 3 aromatic rings. The fourth-order valence-corrected chi connectivity index (χ4v) is 3.31. The summed E-state index contributed by atoms with van der Waals surface area (Å²) in [6, 6.07) is 22.7. The van der Waals surface area contributed by atoms with E-state index in [4.69, 9.17) is 4.74 Å². The van der Waals surface area contributed by atoms with Gasteiger partial charge in [-0.05, 0) is 37.8 Å². The van der Waals surface area contributed by atoms with Gasteiger partial charge in [0.25, 0.3) is 5.91 Å². The van der Waals surface area contributed by atoms with E-state index in [0.717, 1.165) is 16.3 Å². The summed E-state index contributed by atoms with van der Waals surface area (Å²) in [7, 11) is 0. The topological polar surface area (TPSA) is 58.6 Å². The molecule has 0 saturated heterocycles. The van der Waals surface area contributed by atoms with E-state index in [1.54, 1.807) is 11.8 Å². The minimum absolute atomic E-state index is 0.000519. The Morgan fingerprint density at radius 2 is 1.57 bits per heavy atom. The Morgan fingerprint density at radius 1 is 0.900 bits per heavy atom. The molecule has 5 heteroatoms. The molecule has 1 N–H and O–H groups in total. The standard InChI is InChI=1S/C25H28N2O3/c1-18(2)26-25(29)19(3)27(16-20-10-5-4-6-11-20)24(28)17-30-23-15-9-13-21-12-7-8-14-22(21)23/h4-15,18-19H,16-17H2,1-3H3,(H,26,29)/t19-/m1/s1. The number of fused-ring (bicyclic) bond motifs is 1. The Kier molecular flexibility index (Phi) is 7.07. The van der Waals surface area contributed by atoms with Gasteiger partial charge >= 0.3 is 0 Å². The van der Waals surface area contributed by atoms with E-state index in [-0.39, 0.29) is 24.5 Å². The van der Waals surface area contributed by atoms with E-state index in [2.05, 4.69) is 5.32 Å². The summed E-state index contributed by atoms with van der Waals surface area (Å²) in [5.74, 6) is 0.234. The number of carbonyl (C=O) groups excluding carboxylic acids is 2. The number of amides is 2. The fraction of sp³-hybridized carbons (Fsp3) is 0.280. The van der Waals surface area contributed by atoms with Gasteiger partial charge in [0.1, 0.15) is 11.8 Å². The van der Waals surface area contributed by atoms with Crippen molar-refractivity contribution < 1.29 is 14.3 Å². The van der Waals surface area contributed by atoms with Crippen LogP contribution in [0.3, 0.4) is 0 Å². The second-order valence-electron chi connectivity index (χ2n) is 7.61. The van der Waals surface area contributed by atoms with Gasteiger partial charge in [-0.25, -0.2) is 0 Å². The van der Waals surface area contributed by atoms with E-state index < -0.39 is 6.04 Å². The number of rotatable bonds is 8. The molecule has 0 radical (unpaired) electrons. The highest BCUT2D eigenvalue weighted by Crippen LogP contribution is 2.25. The van der Waals surface area contributed by atoms with Crippen LogP contribution in [0, 0.1) is 0 Å². The Bertz CT molecular complexity index is 996. The zero-order chi connectivity index (χ0) is 21.5. The Balaban J connectivity index is 1.77. The predicted molar refractivity (Wildman–Crippen MR) is 119 cm³/mol. The van der Waals surface area contributed by atoms with Crippen LogP contribution < -0.4 is 10.1 Å². The van der Waals surface area contributed by atoms with Gasteiger partial charge < -0.3 is 15.0 Å². The number of benzene rings is 3. The lowest BCUT2D eigenvalue weighted by Crippen LogP contribution is -2.50. The van der Waals surface area contributed by atoms with Crippen LogP contribution in [0.5, 0.6) is 5.75 Å². The second kappa shape index (κ2) is 9.92. The van der Waals surface area contributed by atoms with E-state index in [0.29, 0.717) is 12.3 Å². The summed E-state index contributed by atoms with van der Waals surface area (Å²) in [5.41, 5.74) is 0.959. The second-order valence-corrected chi connectivity index (χ2v) is 7.61. The summed E-state index contributed by atoms with van der Waals surface area (Å²) < 4.78 is 5.89. The van der Waals surface area contributed by atoms with Crippen LogP contribution >= 0.6 is 0 Å². The predicted octanol–water partition coefficient (Wildman–Crippen LogP) is 4.16. The van der Waals surface area contributed by atoms with Crippen LogP contribution in [0.2, 0.25) is 0 Å². The lowest BCUT2D eigenvalue weighted by Gasteiger charge is -2.29. The van der Waals surface area contributed by atoms with Crippen LogP contribution in [-0.4, -0.2) is 35.4 Å². The van der Waals surface area contributed by atoms with Crippen molar-refractivity contribution in [1.29, 1.82) is 0 Å². The van der Waals surface area contributed by atoms with E-state index in [1.165, 1.54) is 0 Å². The molecular formula is C25H28N2O3. The molecule has 1 atom stereocenters. The maximum atomic E-state index is 13.1. The number of nitrogens with one attached hydrogen (secondary N) is 1. The number of carbonyl (C=O) groups is 2. The van der Waals surface area contributed by atoms with Crippen LogP contribution in [0.25, 0.3) is 10.8 Å². The molecule has 0 spiro atoms. The third-order valence-corrected chi connectivity index (χ3v) is 4.89. The molecule has 5 nitrogen and oxygen atoms in total. The smallest absolute Gasteiger partial charge is 0.261 e. The molecule has 0 aliphatic carbocycles. The summed E-state index contributed by atoms with van der Waals surface area (Å²) in [6.07, 6.45) is 0. The van der Waals surface area contributed by atoms with Crippen molar-refractivity contribution in [3.8, 4) is 5.75 Å². The number of hydrogen-bond acceptors (Lipinski definition) is 3. The van der Waals surface area contributed by atoms with E-state index in [9.17, 15) is 9.59 Å². The molecule has 3 aromatic carbocycles. The largest absolute Gasteiger partial charge is 0.483 e. The van der Waals surface area contributed by atoms with Gasteiger partial charge in [-0.3, -0.25) is 9.59 Å². The molecule has 156 valence electrons. The first-order valence-electron chi connectivity index (χ1n) is 10.2. The van der Waals surface area contributed by atoms with E-state index in [1.807, 2.05) is 86.6 Å². The van der Waals surface area contributed by atoms with Crippen LogP contribution in [-0.2, 0) is 16.1 Å². The Hall–Kier alpha value is -3.34. The number of nitrogens with zero attached hydrogens (tertiary/aromatic N) is 1. The molecule has 0 bridgehead atoms. The summed E-state index contributed by atoms with van der Waals surface area (Å²) in [5, 5.41) is 4.89. The van der Waals surface area contributed by atoms with Crippen LogP contribution in [0.1, 0.15) is 26.3 Å². The van der Waals surface area contributed by atoms with Gasteiger partial charge in [-0.1, -0.05) is 66.7 Å². The quantitative estimate of drug-likeness (QED) is 0.613. The van der Waals surface area contributed by atoms with Crippen molar-refractivity contribution in [3.05, 3.63) is 78.4 Å². The highest BCUT2D eigenvalue weighted by Gasteiger charge is 2.27. The highest BCUT2D eigenvalue weighted by molar-refractivity contribution is 5.90. The fourth-order valence-electron chi connectivity index (χ4n) is 3.31. The first kappa shape index (κ1) is 21.4. The minimum atomic E-state index is -0.615. The van der Waals surface area contributed by atoms with Crippen LogP contribution in [0.15, 0.2) is 72.8 Å². The lowest BCUT2D eigenvalue weighted by molar-refractivity contribution is -0.142. The third kappa shape index (κ3) is 5.38. The maximum Gasteiger partial charge on any atom is 0.261 e. The molecule has 2 amide bonds. The van der Waals surface area contributed by atoms with Gasteiger partial charge in [0.2, 0.25) is 5.91 Å². The highest BCUT2D eigenvalue weighted by atomic mass is 16.5. The van der Waals surface area contributed by atoms with Gasteiger partial charge in [0, 0.05) is 18.0 Å². The Labute approximate surface area is 177 Å². The molecule has 3 rings (SSSR count). The van der Waals surface area contributed by atoms with Crippen LogP contribution in [0.4, 0.5) is 0 Å². The molecule has 0 saturated carbocycles. The van der Waals surface area contributed by atoms with Gasteiger partial charge in [0.05, 0.1) is 0 Å². The Morgan fingerprint density at radius 3 is 2.30 bits per heavy atom. The SMILES string of the molecule is CC(C)NC(=O)[C@@H](C)N(Cc1ccccc1)C(=O)COc1cccc2ccccc12. The monoisotopic (exact) mass is 404 g/mol. The normalized spacial score (nSPS) is 11.9. The van der Waals surface area contributed by atoms with Gasteiger partial charge in [-0.15, -0.1) is 0 Å². The van der Waals surface area contributed by atoms with Gasteiger partial charge in [0.15, 0.2) is 6.61 Å². The van der Waals surface area contributed by atoms with Crippen molar-refractivity contribution in [1.82, 2.24) is 10.2 Å². The van der Waals surface area contributed by atoms with Gasteiger partial charge in [-0.2, -0.15) is 0 Å². The average Bonchev–Trinajstić information content (AvgIpc) is 2.75. The maximum absolute atomic E-state index is 13.1. The third-order valence-electron chi connectivity index (χ3n) is 4.89. The zero-order valence-corrected chi connectivity index (χ0v) is 17.7. The average molecular weight is 405 g/mol. The van der Waals surface area contributed by atoms with Crippen molar-refractivity contribution in [3.63, 3.8) is 0 Å². The molecule has 0 heterocycles. The van der Waals surface area contributed by atoms with Crippen molar-refractivity contribution >= 4 is 22.6 Å². The van der Waals surface area contributed by atoms with E-state index >= 15 is 0 Å². The molecule has 0 aliphatic rings. The number of hydrogen-bond donors (Lipinski definition) is 1. The molecule has 0 aliphatic heterocycles. The summed E-state index contributed by atoms with van der Waals surface area (Å²) >= 11 is 0. The summed E-state index contributed by atoms with van der Waals surface area (Å²) in [4.78, 5) is 27.3. The molecular weight excluding hydrogens is 376 g/mol. The lowest BCUT2D eigenvalue weighted by atomic mass is 10.1. The zero-order valence-electron chi connectivity index (χ0n) is 17.7. The number of ether oxygens (including phenoxy) is 1. The first-order valence-corrected chi connectivity index (χ1v) is 10.2.